The van der Waals surface area contributed by atoms with Gasteiger partial charge in [-0.05, 0) is 48.8 Å². The van der Waals surface area contributed by atoms with Crippen LogP contribution >= 0.6 is 0 Å². The number of alkyl halides is 3. The Kier molecular flexibility index (Phi) is 7.84. The molecule has 1 saturated heterocycles. The van der Waals surface area contributed by atoms with Crippen LogP contribution in [-0.4, -0.2) is 30.3 Å². The van der Waals surface area contributed by atoms with Crippen molar-refractivity contribution in [3.63, 3.8) is 0 Å². The van der Waals surface area contributed by atoms with Gasteiger partial charge in [0.05, 0.1) is 12.0 Å². The monoisotopic (exact) mass is 502 g/mol. The molecule has 36 heavy (non-hydrogen) atoms. The Morgan fingerprint density at radius 2 is 1.89 bits per heavy atom. The van der Waals surface area contributed by atoms with Crippen molar-refractivity contribution in [2.45, 2.75) is 32.0 Å². The number of rotatable bonds is 7. The molecule has 0 aliphatic carbocycles. The van der Waals surface area contributed by atoms with Crippen molar-refractivity contribution in [2.75, 3.05) is 23.7 Å². The summed E-state index contributed by atoms with van der Waals surface area (Å²) in [7, 11) is 0. The molecule has 1 aliphatic rings. The average molecular weight is 502 g/mol. The second-order valence-corrected chi connectivity index (χ2v) is 8.52. The minimum Gasteiger partial charge on any atom is -0.424 e. The van der Waals surface area contributed by atoms with Gasteiger partial charge in [-0.25, -0.2) is 0 Å². The highest BCUT2D eigenvalue weighted by Gasteiger charge is 2.31. The molecule has 1 fully saturated rings. The molecule has 1 aliphatic heterocycles. The molecule has 0 saturated carbocycles. The van der Waals surface area contributed by atoms with Gasteiger partial charge in [0.1, 0.15) is 0 Å². The molecule has 190 valence electrons. The van der Waals surface area contributed by atoms with Crippen LogP contribution in [0.4, 0.5) is 35.2 Å². The molecule has 1 unspecified atom stereocenters. The fraction of sp³-hybridized carbons (Fsp3) is 0.333. The van der Waals surface area contributed by atoms with E-state index in [0.717, 1.165) is 38.1 Å². The maximum atomic E-state index is 13.4. The summed E-state index contributed by atoms with van der Waals surface area (Å²) in [5.41, 5.74) is -0.624. The maximum absolute atomic E-state index is 13.4. The largest absolute Gasteiger partial charge is 0.424 e. The summed E-state index contributed by atoms with van der Waals surface area (Å²) in [6, 6.07) is 10.6. The van der Waals surface area contributed by atoms with Gasteiger partial charge in [-0.2, -0.15) is 13.2 Å². The first kappa shape index (κ1) is 25.2. The van der Waals surface area contributed by atoms with Crippen molar-refractivity contribution in [3.8, 4) is 0 Å². The third kappa shape index (κ3) is 7.28. The van der Waals surface area contributed by atoms with E-state index in [1.807, 2.05) is 0 Å². The van der Waals surface area contributed by atoms with Crippen molar-refractivity contribution in [2.24, 2.45) is 5.92 Å². The summed E-state index contributed by atoms with van der Waals surface area (Å²) in [6.45, 7) is 2.43. The predicted molar refractivity (Wildman–Crippen MR) is 125 cm³/mol. The average Bonchev–Trinajstić information content (AvgIpc) is 3.26. The minimum absolute atomic E-state index is 0.0173. The number of carbonyl (C=O) groups is 2. The summed E-state index contributed by atoms with van der Waals surface area (Å²) in [4.78, 5) is 24.7. The molecule has 1 atom stereocenters. The van der Waals surface area contributed by atoms with Crippen molar-refractivity contribution in [1.29, 1.82) is 0 Å². The molecule has 1 aromatic heterocycles. The Labute approximate surface area is 205 Å². The molecule has 0 spiro atoms. The van der Waals surface area contributed by atoms with Crippen LogP contribution in [-0.2, 0) is 23.9 Å². The van der Waals surface area contributed by atoms with Gasteiger partial charge in [-0.15, -0.1) is 0 Å². The second-order valence-electron chi connectivity index (χ2n) is 8.52. The van der Waals surface area contributed by atoms with Gasteiger partial charge in [-0.3, -0.25) is 9.59 Å². The topological polar surface area (TPSA) is 114 Å². The molecule has 12 heteroatoms. The van der Waals surface area contributed by atoms with Gasteiger partial charge in [-0.1, -0.05) is 35.0 Å². The summed E-state index contributed by atoms with van der Waals surface area (Å²) in [5, 5.41) is 15.6. The quantitative estimate of drug-likeness (QED) is 0.415. The Bertz CT molecular complexity index is 1190. The van der Waals surface area contributed by atoms with Crippen LogP contribution in [0.5, 0.6) is 0 Å². The number of amides is 3. The summed E-state index contributed by atoms with van der Waals surface area (Å²) < 4.78 is 46.9. The lowest BCUT2D eigenvalue weighted by atomic mass is 10.00. The molecular formula is C24H25F3N6O3. The number of aromatic nitrogens is 2. The second kappa shape index (κ2) is 11.2. The third-order valence-corrected chi connectivity index (χ3v) is 5.56. The van der Waals surface area contributed by atoms with Crippen molar-refractivity contribution in [3.05, 3.63) is 71.2 Å². The lowest BCUT2D eigenvalue weighted by molar-refractivity contribution is -0.767. The number of hydrogen-bond acceptors (Lipinski definition) is 5. The van der Waals surface area contributed by atoms with E-state index in [4.69, 9.17) is 4.52 Å². The fourth-order valence-electron chi connectivity index (χ4n) is 3.92. The first-order valence-electron chi connectivity index (χ1n) is 11.4. The zero-order chi connectivity index (χ0) is 25.5. The number of piperidine rings is 1. The lowest BCUT2D eigenvalue weighted by Crippen LogP contribution is -2.43. The van der Waals surface area contributed by atoms with Gasteiger partial charge in [0, 0.05) is 18.2 Å². The number of anilines is 2. The molecule has 9 nitrogen and oxygen atoms in total. The standard InChI is InChI=1S/C24H25F3N6O3/c25-24(26,27)18-10-19(29-21(34)9-16-5-2-1-3-6-16)12-20(11-18)30-23(35)31-22-15-33(32-36-22)14-17-7-4-8-28-13-17/h1-3,5-6,10-12,15,17,28H,4,7-9,13-14H2,(H2-,29,30,31,32,34,35). The molecule has 3 aromatic rings. The van der Waals surface area contributed by atoms with Crippen LogP contribution in [0.2, 0.25) is 0 Å². The van der Waals surface area contributed by atoms with E-state index in [1.54, 1.807) is 30.3 Å². The fourth-order valence-corrected chi connectivity index (χ4v) is 3.92. The Morgan fingerprint density at radius 1 is 1.14 bits per heavy atom. The molecule has 2 aromatic carbocycles. The number of nitrogens with one attached hydrogen (secondary N) is 3. The first-order valence-corrected chi connectivity index (χ1v) is 11.4. The third-order valence-electron chi connectivity index (χ3n) is 5.56. The molecule has 3 amide bonds. The molecule has 0 radical (unpaired) electrons. The van der Waals surface area contributed by atoms with Gasteiger partial charge in [0.15, 0.2) is 17.8 Å². The molecular weight excluding hydrogens is 477 g/mol. The lowest BCUT2D eigenvalue weighted by Gasteiger charge is -2.18. The van der Waals surface area contributed by atoms with Crippen LogP contribution in [0.25, 0.3) is 5.32 Å². The molecule has 2 heterocycles. The minimum atomic E-state index is -4.69. The summed E-state index contributed by atoms with van der Waals surface area (Å²) in [5.74, 6) is -0.211. The van der Waals surface area contributed by atoms with Crippen LogP contribution < -0.4 is 20.6 Å². The van der Waals surface area contributed by atoms with Gasteiger partial charge >= 0.3 is 6.18 Å². The molecule has 4 rings (SSSR count). The zero-order valence-electron chi connectivity index (χ0n) is 19.2. The van der Waals surface area contributed by atoms with Gasteiger partial charge in [0.2, 0.25) is 18.0 Å². The number of nitrogens with zero attached hydrogens (tertiary/aromatic N) is 3. The SMILES string of the molecule is O=C(Cc1ccccc1)Nc1cc(NC(=O)[N-]c2c[n+](CC3CCCNC3)no2)cc(C(F)(F)F)c1. The highest BCUT2D eigenvalue weighted by atomic mass is 19.4. The van der Waals surface area contributed by atoms with Crippen molar-refractivity contribution >= 4 is 29.2 Å². The Balaban J connectivity index is 1.40. The van der Waals surface area contributed by atoms with Crippen molar-refractivity contribution in [1.82, 2.24) is 10.6 Å². The number of carbonyl (C=O) groups excluding carboxylic acids is 2. The number of hydrogen-bond donors (Lipinski definition) is 3. The molecule has 3 N–H and O–H groups in total. The summed E-state index contributed by atoms with van der Waals surface area (Å²) >= 11 is 0. The van der Waals surface area contributed by atoms with E-state index in [0.29, 0.717) is 18.0 Å². The number of urea groups is 1. The van der Waals surface area contributed by atoms with E-state index in [2.05, 4.69) is 26.5 Å². The van der Waals surface area contributed by atoms with Crippen LogP contribution in [0, 0.1) is 5.92 Å². The van der Waals surface area contributed by atoms with Gasteiger partial charge in [0.25, 0.3) is 0 Å². The Morgan fingerprint density at radius 3 is 2.58 bits per heavy atom. The van der Waals surface area contributed by atoms with E-state index in [1.165, 1.54) is 16.9 Å². The normalized spacial score (nSPS) is 15.8. The number of benzene rings is 2. The molecule has 0 bridgehead atoms. The van der Waals surface area contributed by atoms with Crippen molar-refractivity contribution < 1.29 is 32.0 Å². The maximum Gasteiger partial charge on any atom is 0.416 e. The smallest absolute Gasteiger partial charge is 0.416 e. The Hall–Kier alpha value is -3.93. The highest BCUT2D eigenvalue weighted by Crippen LogP contribution is 2.34. The van der Waals surface area contributed by atoms with E-state index in [-0.39, 0.29) is 23.7 Å². The zero-order valence-corrected chi connectivity index (χ0v) is 19.2. The van der Waals surface area contributed by atoms with Crippen LogP contribution in [0.15, 0.2) is 59.3 Å². The van der Waals surface area contributed by atoms with Crippen LogP contribution in [0.1, 0.15) is 24.0 Å². The predicted octanol–water partition coefficient (Wildman–Crippen LogP) is 4.40. The van der Waals surface area contributed by atoms with E-state index < -0.39 is 23.7 Å². The first-order chi connectivity index (χ1) is 17.2. The summed E-state index contributed by atoms with van der Waals surface area (Å²) in [6.07, 6.45) is -1.15. The van der Waals surface area contributed by atoms with Gasteiger partial charge < -0.3 is 25.8 Å². The highest BCUT2D eigenvalue weighted by molar-refractivity contribution is 6.04. The van der Waals surface area contributed by atoms with E-state index >= 15 is 0 Å². The van der Waals surface area contributed by atoms with E-state index in [9.17, 15) is 22.8 Å². The number of halogens is 3. The van der Waals surface area contributed by atoms with Crippen LogP contribution in [0.3, 0.4) is 0 Å².